The SMILES string of the molecule is CCC(F)(F)c1cnc2c(c1)N(C(=O)CN1C[C@@H](C)N(C(=O)OC(C)(C)C)C[C@@H]1CN1CCOCC1COC)CC2(C)C. The molecule has 3 aliphatic rings. The average Bonchev–Trinajstić information content (AvgIpc) is 3.20. The summed E-state index contributed by atoms with van der Waals surface area (Å²) in [6.45, 7) is 17.1. The highest BCUT2D eigenvalue weighted by molar-refractivity contribution is 5.97. The van der Waals surface area contributed by atoms with E-state index in [0.29, 0.717) is 63.9 Å². The maximum atomic E-state index is 14.6. The molecule has 242 valence electrons. The number of anilines is 1. The van der Waals surface area contributed by atoms with Gasteiger partial charge in [-0.05, 0) is 33.8 Å². The van der Waals surface area contributed by atoms with E-state index >= 15 is 0 Å². The summed E-state index contributed by atoms with van der Waals surface area (Å²) in [4.78, 5) is 39.4. The second-order valence-electron chi connectivity index (χ2n) is 13.8. The van der Waals surface area contributed by atoms with Crippen molar-refractivity contribution < 1.29 is 32.6 Å². The predicted molar refractivity (Wildman–Crippen MR) is 160 cm³/mol. The van der Waals surface area contributed by atoms with Crippen LogP contribution >= 0.6 is 0 Å². The monoisotopic (exact) mass is 609 g/mol. The number of carbonyl (C=O) groups is 2. The summed E-state index contributed by atoms with van der Waals surface area (Å²) in [5.74, 6) is -3.21. The molecule has 0 bridgehead atoms. The highest BCUT2D eigenvalue weighted by Crippen LogP contribution is 2.42. The maximum absolute atomic E-state index is 14.6. The molecule has 0 radical (unpaired) electrons. The molecule has 0 saturated carbocycles. The Balaban J connectivity index is 1.59. The Hall–Kier alpha value is -2.41. The first-order valence-electron chi connectivity index (χ1n) is 15.3. The Morgan fingerprint density at radius 3 is 2.53 bits per heavy atom. The van der Waals surface area contributed by atoms with Crippen LogP contribution < -0.4 is 4.90 Å². The molecule has 0 spiro atoms. The number of piperazine rings is 1. The predicted octanol–water partition coefficient (Wildman–Crippen LogP) is 3.86. The number of hydrogen-bond donors (Lipinski definition) is 0. The van der Waals surface area contributed by atoms with E-state index in [0.717, 1.165) is 0 Å². The third-order valence-corrected chi connectivity index (χ3v) is 8.60. The fourth-order valence-corrected chi connectivity index (χ4v) is 6.22. The van der Waals surface area contributed by atoms with E-state index in [1.807, 2.05) is 41.5 Å². The lowest BCUT2D eigenvalue weighted by atomic mass is 9.91. The number of fused-ring (bicyclic) bond motifs is 1. The number of nitrogens with zero attached hydrogens (tertiary/aromatic N) is 5. The van der Waals surface area contributed by atoms with E-state index in [9.17, 15) is 18.4 Å². The molecular formula is C31H49F2N5O5. The minimum absolute atomic E-state index is 0.0571. The minimum Gasteiger partial charge on any atom is -0.444 e. The van der Waals surface area contributed by atoms with Gasteiger partial charge in [0, 0.05) is 75.5 Å². The lowest BCUT2D eigenvalue weighted by Gasteiger charge is -2.48. The van der Waals surface area contributed by atoms with Crippen molar-refractivity contribution in [2.45, 2.75) is 90.0 Å². The van der Waals surface area contributed by atoms with Crippen LogP contribution in [0, 0.1) is 0 Å². The van der Waals surface area contributed by atoms with Gasteiger partial charge in [0.2, 0.25) is 5.91 Å². The molecule has 2 amide bonds. The second-order valence-corrected chi connectivity index (χ2v) is 13.8. The molecule has 3 atom stereocenters. The Bertz CT molecular complexity index is 1160. The molecule has 4 rings (SSSR count). The van der Waals surface area contributed by atoms with Crippen LogP contribution in [-0.2, 0) is 30.3 Å². The van der Waals surface area contributed by atoms with Crippen molar-refractivity contribution in [1.29, 1.82) is 0 Å². The molecule has 3 aliphatic heterocycles. The van der Waals surface area contributed by atoms with E-state index in [2.05, 4.69) is 14.8 Å². The number of pyridine rings is 1. The molecule has 12 heteroatoms. The number of methoxy groups -OCH3 is 1. The van der Waals surface area contributed by atoms with Gasteiger partial charge in [-0.15, -0.1) is 0 Å². The summed E-state index contributed by atoms with van der Waals surface area (Å²) in [5.41, 5.74) is -0.199. The number of rotatable bonds is 8. The summed E-state index contributed by atoms with van der Waals surface area (Å²) in [5, 5.41) is 0. The van der Waals surface area contributed by atoms with Gasteiger partial charge in [-0.1, -0.05) is 20.8 Å². The third-order valence-electron chi connectivity index (χ3n) is 8.60. The first kappa shape index (κ1) is 33.5. The Labute approximate surface area is 254 Å². The van der Waals surface area contributed by atoms with Gasteiger partial charge >= 0.3 is 6.09 Å². The van der Waals surface area contributed by atoms with E-state index < -0.39 is 16.9 Å². The number of amides is 2. The quantitative estimate of drug-likeness (QED) is 0.439. The molecule has 0 aromatic carbocycles. The largest absolute Gasteiger partial charge is 0.444 e. The number of alkyl halides is 2. The minimum atomic E-state index is -3.03. The summed E-state index contributed by atoms with van der Waals surface area (Å²) >= 11 is 0. The molecule has 43 heavy (non-hydrogen) atoms. The molecule has 1 unspecified atom stereocenters. The topological polar surface area (TPSA) is 87.7 Å². The molecule has 1 aromatic rings. The van der Waals surface area contributed by atoms with Crippen LogP contribution in [0.1, 0.15) is 66.1 Å². The Kier molecular flexibility index (Phi) is 10.0. The number of halogens is 2. The highest BCUT2D eigenvalue weighted by Gasteiger charge is 2.44. The highest BCUT2D eigenvalue weighted by atomic mass is 19.3. The zero-order chi connectivity index (χ0) is 31.7. The molecule has 10 nitrogen and oxygen atoms in total. The normalized spacial score (nSPS) is 25.1. The number of ether oxygens (including phenoxy) is 3. The van der Waals surface area contributed by atoms with Gasteiger partial charge in [-0.3, -0.25) is 19.6 Å². The Morgan fingerprint density at radius 2 is 1.88 bits per heavy atom. The van der Waals surface area contributed by atoms with Crippen molar-refractivity contribution in [2.75, 3.05) is 71.1 Å². The van der Waals surface area contributed by atoms with E-state index in [-0.39, 0.29) is 48.7 Å². The summed E-state index contributed by atoms with van der Waals surface area (Å²) in [7, 11) is 1.66. The smallest absolute Gasteiger partial charge is 0.410 e. The van der Waals surface area contributed by atoms with Crippen LogP contribution in [0.5, 0.6) is 0 Å². The lowest BCUT2D eigenvalue weighted by molar-refractivity contribution is -0.122. The Morgan fingerprint density at radius 1 is 1.16 bits per heavy atom. The van der Waals surface area contributed by atoms with E-state index in [4.69, 9.17) is 14.2 Å². The first-order valence-corrected chi connectivity index (χ1v) is 15.3. The van der Waals surface area contributed by atoms with Gasteiger partial charge in [0.15, 0.2) is 0 Å². The van der Waals surface area contributed by atoms with Gasteiger partial charge in [0.05, 0.1) is 43.8 Å². The summed E-state index contributed by atoms with van der Waals surface area (Å²) in [6.07, 6.45) is 0.513. The fourth-order valence-electron chi connectivity index (χ4n) is 6.22. The third kappa shape index (κ3) is 7.64. The van der Waals surface area contributed by atoms with E-state index in [1.54, 1.807) is 16.9 Å². The van der Waals surface area contributed by atoms with Gasteiger partial charge in [0.1, 0.15) is 5.60 Å². The second kappa shape index (κ2) is 12.9. The van der Waals surface area contributed by atoms with Crippen LogP contribution in [0.2, 0.25) is 0 Å². The molecule has 1 aromatic heterocycles. The summed E-state index contributed by atoms with van der Waals surface area (Å²) < 4.78 is 46.1. The summed E-state index contributed by atoms with van der Waals surface area (Å²) in [6, 6.07) is 1.12. The number of morpholine rings is 1. The van der Waals surface area contributed by atoms with Crippen molar-refractivity contribution in [3.05, 3.63) is 23.5 Å². The molecular weight excluding hydrogens is 560 g/mol. The van der Waals surface area contributed by atoms with Crippen molar-refractivity contribution >= 4 is 17.7 Å². The van der Waals surface area contributed by atoms with Gasteiger partial charge in [-0.25, -0.2) is 13.6 Å². The van der Waals surface area contributed by atoms with Gasteiger partial charge < -0.3 is 24.0 Å². The fraction of sp³-hybridized carbons (Fsp3) is 0.774. The standard InChI is InChI=1S/C31H49F2N5O5/c1-9-31(32,33)22-12-25-27(34-13-22)30(6,7)20-38(25)26(39)17-36-14-21(2)37(28(40)43-29(3,4)5)16-23(36)15-35-10-11-42-19-24(35)18-41-8/h12-13,21,23-24H,9-11,14-20H2,1-8H3/t21-,23+,24?/m1/s1. The number of carbonyl (C=O) groups excluding carboxylic acids is 2. The molecule has 2 fully saturated rings. The molecule has 4 heterocycles. The van der Waals surface area contributed by atoms with Crippen LogP contribution in [0.4, 0.5) is 19.3 Å². The van der Waals surface area contributed by atoms with Gasteiger partial charge in [-0.2, -0.15) is 0 Å². The average molecular weight is 610 g/mol. The molecule has 0 N–H and O–H groups in total. The van der Waals surface area contributed by atoms with Crippen LogP contribution in [0.15, 0.2) is 12.3 Å². The number of aromatic nitrogens is 1. The molecule has 2 saturated heterocycles. The van der Waals surface area contributed by atoms with Crippen LogP contribution in [-0.4, -0.2) is 122 Å². The zero-order valence-electron chi connectivity index (χ0n) is 27.0. The maximum Gasteiger partial charge on any atom is 0.410 e. The van der Waals surface area contributed by atoms with E-state index in [1.165, 1.54) is 19.2 Å². The van der Waals surface area contributed by atoms with Crippen molar-refractivity contribution in [3.63, 3.8) is 0 Å². The van der Waals surface area contributed by atoms with Crippen molar-refractivity contribution in [3.8, 4) is 0 Å². The van der Waals surface area contributed by atoms with Crippen molar-refractivity contribution in [2.24, 2.45) is 0 Å². The zero-order valence-corrected chi connectivity index (χ0v) is 27.0. The lowest BCUT2D eigenvalue weighted by Crippen LogP contribution is -2.64. The number of hydrogen-bond acceptors (Lipinski definition) is 8. The van der Waals surface area contributed by atoms with Crippen LogP contribution in [0.25, 0.3) is 0 Å². The van der Waals surface area contributed by atoms with Crippen LogP contribution in [0.3, 0.4) is 0 Å². The van der Waals surface area contributed by atoms with Crippen molar-refractivity contribution in [1.82, 2.24) is 19.7 Å². The first-order chi connectivity index (χ1) is 20.1. The van der Waals surface area contributed by atoms with Gasteiger partial charge in [0.25, 0.3) is 5.92 Å². The molecule has 0 aliphatic carbocycles.